The summed E-state index contributed by atoms with van der Waals surface area (Å²) >= 11 is 1.76. The second-order valence-corrected chi connectivity index (χ2v) is 6.08. The van der Waals surface area contributed by atoms with Gasteiger partial charge in [0.05, 0.1) is 12.0 Å². The Balaban J connectivity index is 1.76. The molecule has 0 bridgehead atoms. The van der Waals surface area contributed by atoms with Crippen molar-refractivity contribution in [3.63, 3.8) is 0 Å². The van der Waals surface area contributed by atoms with Crippen LogP contribution in [0.25, 0.3) is 0 Å². The molecule has 1 saturated carbocycles. The molecule has 17 heavy (non-hydrogen) atoms. The third-order valence-corrected chi connectivity index (χ3v) is 4.28. The topological polar surface area (TPSA) is 64.9 Å². The maximum atomic E-state index is 6.15. The summed E-state index contributed by atoms with van der Waals surface area (Å²) in [6.07, 6.45) is 3.79. The van der Waals surface area contributed by atoms with E-state index in [-0.39, 0.29) is 5.54 Å². The van der Waals surface area contributed by atoms with Gasteiger partial charge >= 0.3 is 0 Å². The molecule has 4 nitrogen and oxygen atoms in total. The minimum atomic E-state index is -0.326. The van der Waals surface area contributed by atoms with E-state index in [0.717, 1.165) is 19.3 Å². The molecule has 0 amide bonds. The summed E-state index contributed by atoms with van der Waals surface area (Å²) in [6, 6.07) is 4.21. The molecule has 1 aliphatic carbocycles. The highest BCUT2D eigenvalue weighted by molar-refractivity contribution is 7.11. The average Bonchev–Trinajstić information content (AvgIpc) is 2.85. The molecule has 0 aromatic carbocycles. The molecule has 1 fully saturated rings. The third kappa shape index (κ3) is 2.00. The Bertz CT molecular complexity index is 527. The lowest BCUT2D eigenvalue weighted by atomic mass is 9.77. The zero-order chi connectivity index (χ0) is 11.9. The van der Waals surface area contributed by atoms with Gasteiger partial charge in [-0.05, 0) is 38.3 Å². The molecule has 0 radical (unpaired) electrons. The summed E-state index contributed by atoms with van der Waals surface area (Å²) in [6.45, 7) is 2.09. The predicted octanol–water partition coefficient (Wildman–Crippen LogP) is 2.37. The fourth-order valence-electron chi connectivity index (χ4n) is 2.04. The molecule has 90 valence electrons. The molecule has 0 saturated heterocycles. The van der Waals surface area contributed by atoms with Crippen LogP contribution in [0.3, 0.4) is 0 Å². The van der Waals surface area contributed by atoms with Crippen LogP contribution in [-0.4, -0.2) is 10.1 Å². The molecule has 0 spiro atoms. The monoisotopic (exact) mass is 249 g/mol. The van der Waals surface area contributed by atoms with Crippen molar-refractivity contribution < 1.29 is 4.52 Å². The summed E-state index contributed by atoms with van der Waals surface area (Å²) in [7, 11) is 0. The molecule has 2 N–H and O–H groups in total. The number of hydrogen-bond donors (Lipinski definition) is 1. The fraction of sp³-hybridized carbons (Fsp3) is 0.500. The van der Waals surface area contributed by atoms with Gasteiger partial charge in [-0.1, -0.05) is 5.16 Å². The van der Waals surface area contributed by atoms with E-state index < -0.39 is 0 Å². The lowest BCUT2D eigenvalue weighted by Gasteiger charge is -2.34. The van der Waals surface area contributed by atoms with Gasteiger partial charge in [-0.2, -0.15) is 4.98 Å². The molecular weight excluding hydrogens is 234 g/mol. The van der Waals surface area contributed by atoms with Crippen molar-refractivity contribution >= 4 is 11.3 Å². The Kier molecular flexibility index (Phi) is 2.52. The maximum Gasteiger partial charge on any atom is 0.231 e. The van der Waals surface area contributed by atoms with Crippen LogP contribution < -0.4 is 5.73 Å². The van der Waals surface area contributed by atoms with Crippen LogP contribution in [-0.2, 0) is 12.0 Å². The minimum Gasteiger partial charge on any atom is -0.339 e. The van der Waals surface area contributed by atoms with E-state index in [4.69, 9.17) is 10.3 Å². The van der Waals surface area contributed by atoms with E-state index in [0.29, 0.717) is 18.1 Å². The highest BCUT2D eigenvalue weighted by atomic mass is 32.1. The molecular formula is C12H15N3OS. The van der Waals surface area contributed by atoms with Crippen molar-refractivity contribution in [2.75, 3.05) is 0 Å². The van der Waals surface area contributed by atoms with Crippen molar-refractivity contribution in [3.8, 4) is 0 Å². The predicted molar refractivity (Wildman–Crippen MR) is 65.9 cm³/mol. The van der Waals surface area contributed by atoms with Gasteiger partial charge < -0.3 is 10.3 Å². The van der Waals surface area contributed by atoms with Crippen LogP contribution in [0.15, 0.2) is 16.7 Å². The van der Waals surface area contributed by atoms with Crippen LogP contribution >= 0.6 is 11.3 Å². The highest BCUT2D eigenvalue weighted by Gasteiger charge is 2.38. The molecule has 0 aliphatic heterocycles. The Labute approximate surface area is 104 Å². The van der Waals surface area contributed by atoms with Gasteiger partial charge in [0.25, 0.3) is 0 Å². The Morgan fingerprint density at radius 1 is 1.47 bits per heavy atom. The lowest BCUT2D eigenvalue weighted by molar-refractivity contribution is 0.229. The van der Waals surface area contributed by atoms with Crippen LogP contribution in [0.2, 0.25) is 0 Å². The van der Waals surface area contributed by atoms with E-state index in [1.54, 1.807) is 11.3 Å². The van der Waals surface area contributed by atoms with E-state index in [2.05, 4.69) is 29.2 Å². The Hall–Kier alpha value is -1.20. The largest absolute Gasteiger partial charge is 0.339 e. The van der Waals surface area contributed by atoms with Gasteiger partial charge in [0.1, 0.15) is 0 Å². The van der Waals surface area contributed by atoms with Crippen LogP contribution in [0.5, 0.6) is 0 Å². The molecule has 1 aliphatic rings. The van der Waals surface area contributed by atoms with Crippen LogP contribution in [0, 0.1) is 6.92 Å². The third-order valence-electron chi connectivity index (χ3n) is 3.28. The number of thiophene rings is 1. The molecule has 2 aromatic heterocycles. The van der Waals surface area contributed by atoms with Gasteiger partial charge in [-0.15, -0.1) is 11.3 Å². The van der Waals surface area contributed by atoms with Crippen molar-refractivity contribution in [2.24, 2.45) is 5.73 Å². The van der Waals surface area contributed by atoms with Gasteiger partial charge in [0.15, 0.2) is 5.82 Å². The number of aryl methyl sites for hydroxylation is 1. The smallest absolute Gasteiger partial charge is 0.231 e. The first-order valence-electron chi connectivity index (χ1n) is 5.83. The summed E-state index contributed by atoms with van der Waals surface area (Å²) in [5, 5.41) is 4.01. The van der Waals surface area contributed by atoms with E-state index in [1.165, 1.54) is 9.75 Å². The number of hydrogen-bond acceptors (Lipinski definition) is 5. The molecule has 2 aromatic rings. The van der Waals surface area contributed by atoms with Crippen molar-refractivity contribution in [1.82, 2.24) is 10.1 Å². The zero-order valence-corrected chi connectivity index (χ0v) is 10.6. The molecule has 5 heteroatoms. The first-order chi connectivity index (χ1) is 8.16. The standard InChI is InChI=1S/C12H15N3OS/c1-8-3-4-9(17-8)7-10-14-11(15-16-10)12(13)5-2-6-12/h3-4H,2,5-7,13H2,1H3. The Morgan fingerprint density at radius 3 is 2.88 bits per heavy atom. The van der Waals surface area contributed by atoms with Crippen molar-refractivity contribution in [3.05, 3.63) is 33.6 Å². The van der Waals surface area contributed by atoms with Crippen LogP contribution in [0.1, 0.15) is 40.7 Å². The van der Waals surface area contributed by atoms with Gasteiger partial charge in [0.2, 0.25) is 5.89 Å². The van der Waals surface area contributed by atoms with E-state index >= 15 is 0 Å². The van der Waals surface area contributed by atoms with Crippen LogP contribution in [0.4, 0.5) is 0 Å². The fourth-order valence-corrected chi connectivity index (χ4v) is 2.92. The maximum absolute atomic E-state index is 6.15. The summed E-state index contributed by atoms with van der Waals surface area (Å²) < 4.78 is 5.27. The first-order valence-corrected chi connectivity index (χ1v) is 6.65. The lowest BCUT2D eigenvalue weighted by Crippen LogP contribution is -2.44. The Morgan fingerprint density at radius 2 is 2.29 bits per heavy atom. The van der Waals surface area contributed by atoms with Gasteiger partial charge in [0, 0.05) is 9.75 Å². The van der Waals surface area contributed by atoms with Crippen molar-refractivity contribution in [2.45, 2.75) is 38.1 Å². The molecule has 0 unspecified atom stereocenters. The van der Waals surface area contributed by atoms with E-state index in [1.807, 2.05) is 0 Å². The summed E-state index contributed by atoms with van der Waals surface area (Å²) in [4.78, 5) is 6.96. The van der Waals surface area contributed by atoms with Gasteiger partial charge in [-0.3, -0.25) is 0 Å². The summed E-state index contributed by atoms with van der Waals surface area (Å²) in [5.41, 5.74) is 5.83. The SMILES string of the molecule is Cc1ccc(Cc2nc(C3(N)CCC3)no2)s1. The molecule has 3 rings (SSSR count). The first kappa shape index (κ1) is 10.9. The quantitative estimate of drug-likeness (QED) is 0.907. The number of nitrogens with two attached hydrogens (primary N) is 1. The summed E-state index contributed by atoms with van der Waals surface area (Å²) in [5.74, 6) is 1.34. The number of rotatable bonds is 3. The van der Waals surface area contributed by atoms with Crippen molar-refractivity contribution in [1.29, 1.82) is 0 Å². The molecule has 2 heterocycles. The van der Waals surface area contributed by atoms with E-state index in [9.17, 15) is 0 Å². The highest BCUT2D eigenvalue weighted by Crippen LogP contribution is 2.37. The number of nitrogens with zero attached hydrogens (tertiary/aromatic N) is 2. The number of aromatic nitrogens is 2. The second kappa shape index (κ2) is 3.92. The minimum absolute atomic E-state index is 0.326. The second-order valence-electron chi connectivity index (χ2n) is 4.71. The van der Waals surface area contributed by atoms with Gasteiger partial charge in [-0.25, -0.2) is 0 Å². The zero-order valence-electron chi connectivity index (χ0n) is 9.77. The average molecular weight is 249 g/mol. The normalized spacial score (nSPS) is 18.0. The molecule has 0 atom stereocenters.